The molecule has 0 saturated carbocycles. The Morgan fingerprint density at radius 1 is 1.33 bits per heavy atom. The number of H-pyrrole nitrogens is 1. The Balaban J connectivity index is 1.56. The predicted octanol–water partition coefficient (Wildman–Crippen LogP) is 1.94. The lowest BCUT2D eigenvalue weighted by atomic mass is 10.2. The minimum atomic E-state index is 0.329. The molecule has 0 spiro atoms. The number of nitrogens with one attached hydrogen (secondary N) is 1. The van der Waals surface area contributed by atoms with E-state index in [9.17, 15) is 0 Å². The molecule has 7 nitrogen and oxygen atoms in total. The topological polar surface area (TPSA) is 84.7 Å². The van der Waals surface area contributed by atoms with Gasteiger partial charge in [0.15, 0.2) is 0 Å². The summed E-state index contributed by atoms with van der Waals surface area (Å²) in [5.74, 6) is 1.80. The van der Waals surface area contributed by atoms with Crippen LogP contribution in [0, 0.1) is 11.3 Å². The van der Waals surface area contributed by atoms with Crippen molar-refractivity contribution in [1.29, 1.82) is 5.26 Å². The molecule has 1 fully saturated rings. The monoisotopic (exact) mass is 319 g/mol. The van der Waals surface area contributed by atoms with Gasteiger partial charge in [0.25, 0.3) is 0 Å². The first-order chi connectivity index (χ1) is 11.8. The number of hydrogen-bond donors (Lipinski definition) is 1. The largest absolute Gasteiger partial charge is 0.355 e. The molecule has 7 heteroatoms. The maximum absolute atomic E-state index is 9.02. The summed E-state index contributed by atoms with van der Waals surface area (Å²) < 4.78 is 0. The van der Waals surface area contributed by atoms with Crippen LogP contribution in [-0.2, 0) is 0 Å². The standard InChI is InChI=1S/C17H17N7/c1-23(15-4-2-3-12(9-18)22-15)13-6-8-24(10-13)17-14-5-7-19-16(14)20-11-21-17/h2-5,7,11,13H,6,8,10H2,1H3,(H,19,20,21)/t13-/m1/s1. The Bertz CT molecular complexity index is 910. The van der Waals surface area contributed by atoms with Crippen LogP contribution < -0.4 is 9.80 Å². The van der Waals surface area contributed by atoms with Crippen molar-refractivity contribution in [3.05, 3.63) is 42.5 Å². The lowest BCUT2D eigenvalue weighted by Crippen LogP contribution is -2.35. The van der Waals surface area contributed by atoms with E-state index in [2.05, 4.69) is 35.8 Å². The molecule has 3 aromatic rings. The van der Waals surface area contributed by atoms with E-state index in [1.165, 1.54) is 0 Å². The molecule has 1 saturated heterocycles. The normalized spacial score (nSPS) is 17.2. The number of fused-ring (bicyclic) bond motifs is 1. The SMILES string of the molecule is CN(c1cccc(C#N)n1)[C@@H]1CCN(c2ncnc3[nH]ccc23)C1. The van der Waals surface area contributed by atoms with Crippen molar-refractivity contribution < 1.29 is 0 Å². The predicted molar refractivity (Wildman–Crippen MR) is 91.9 cm³/mol. The highest BCUT2D eigenvalue weighted by Crippen LogP contribution is 2.28. The van der Waals surface area contributed by atoms with Gasteiger partial charge in [0.1, 0.15) is 35.4 Å². The first-order valence-corrected chi connectivity index (χ1v) is 7.89. The molecule has 1 N–H and O–H groups in total. The van der Waals surface area contributed by atoms with Crippen LogP contribution in [-0.4, -0.2) is 46.1 Å². The molecule has 1 aliphatic rings. The summed E-state index contributed by atoms with van der Waals surface area (Å²) in [7, 11) is 2.03. The molecule has 0 aliphatic carbocycles. The Morgan fingerprint density at radius 2 is 2.25 bits per heavy atom. The number of aromatic nitrogens is 4. The maximum atomic E-state index is 9.02. The van der Waals surface area contributed by atoms with Gasteiger partial charge in [-0.05, 0) is 24.6 Å². The molecule has 3 aromatic heterocycles. The van der Waals surface area contributed by atoms with Crippen LogP contribution in [0.3, 0.4) is 0 Å². The van der Waals surface area contributed by atoms with E-state index in [-0.39, 0.29) is 0 Å². The van der Waals surface area contributed by atoms with Crippen LogP contribution in [0.4, 0.5) is 11.6 Å². The molecule has 4 rings (SSSR count). The average molecular weight is 319 g/mol. The molecule has 1 aliphatic heterocycles. The Morgan fingerprint density at radius 3 is 3.12 bits per heavy atom. The second kappa shape index (κ2) is 5.81. The van der Waals surface area contributed by atoms with Gasteiger partial charge in [-0.3, -0.25) is 0 Å². The van der Waals surface area contributed by atoms with E-state index in [0.29, 0.717) is 11.7 Å². The summed E-state index contributed by atoms with van der Waals surface area (Å²) in [6.45, 7) is 1.80. The van der Waals surface area contributed by atoms with Crippen molar-refractivity contribution in [2.75, 3.05) is 29.9 Å². The first kappa shape index (κ1) is 14.5. The fourth-order valence-corrected chi connectivity index (χ4v) is 3.23. The minimum Gasteiger partial charge on any atom is -0.355 e. The van der Waals surface area contributed by atoms with Crippen LogP contribution in [0.1, 0.15) is 12.1 Å². The molecule has 0 amide bonds. The van der Waals surface area contributed by atoms with Crippen molar-refractivity contribution in [2.45, 2.75) is 12.5 Å². The van der Waals surface area contributed by atoms with Gasteiger partial charge >= 0.3 is 0 Å². The minimum absolute atomic E-state index is 0.329. The van der Waals surface area contributed by atoms with Gasteiger partial charge in [0.05, 0.1) is 5.39 Å². The number of aromatic amines is 1. The summed E-state index contributed by atoms with van der Waals surface area (Å²) in [6.07, 6.45) is 4.51. The number of nitriles is 1. The molecule has 4 heterocycles. The molecule has 0 aromatic carbocycles. The van der Waals surface area contributed by atoms with Gasteiger partial charge in [0.2, 0.25) is 0 Å². The Labute approximate surface area is 139 Å². The van der Waals surface area contributed by atoms with E-state index in [0.717, 1.165) is 42.2 Å². The zero-order chi connectivity index (χ0) is 16.5. The highest BCUT2D eigenvalue weighted by atomic mass is 15.3. The van der Waals surface area contributed by atoms with Gasteiger partial charge < -0.3 is 14.8 Å². The van der Waals surface area contributed by atoms with E-state index in [4.69, 9.17) is 5.26 Å². The summed E-state index contributed by atoms with van der Waals surface area (Å²) in [6, 6.07) is 9.98. The zero-order valence-corrected chi connectivity index (χ0v) is 13.3. The molecule has 0 bridgehead atoms. The average Bonchev–Trinajstić information content (AvgIpc) is 3.30. The van der Waals surface area contributed by atoms with Crippen LogP contribution in [0.2, 0.25) is 0 Å². The Hall–Kier alpha value is -3.14. The number of nitrogens with zero attached hydrogens (tertiary/aromatic N) is 6. The molecule has 0 radical (unpaired) electrons. The second-order valence-electron chi connectivity index (χ2n) is 5.93. The number of rotatable bonds is 3. The summed E-state index contributed by atoms with van der Waals surface area (Å²) in [5.41, 5.74) is 1.30. The number of hydrogen-bond acceptors (Lipinski definition) is 6. The van der Waals surface area contributed by atoms with Crippen molar-refractivity contribution in [3.63, 3.8) is 0 Å². The van der Waals surface area contributed by atoms with Gasteiger partial charge in [0, 0.05) is 32.4 Å². The van der Waals surface area contributed by atoms with Gasteiger partial charge in [-0.1, -0.05) is 6.07 Å². The van der Waals surface area contributed by atoms with Crippen LogP contribution in [0.15, 0.2) is 36.8 Å². The van der Waals surface area contributed by atoms with E-state index in [1.54, 1.807) is 12.4 Å². The van der Waals surface area contributed by atoms with Crippen molar-refractivity contribution >= 4 is 22.7 Å². The third kappa shape index (κ3) is 2.42. The number of pyridine rings is 1. The number of anilines is 2. The fourth-order valence-electron chi connectivity index (χ4n) is 3.23. The number of likely N-dealkylation sites (N-methyl/N-ethyl adjacent to an activating group) is 1. The highest BCUT2D eigenvalue weighted by molar-refractivity contribution is 5.87. The smallest absolute Gasteiger partial charge is 0.142 e. The van der Waals surface area contributed by atoms with E-state index >= 15 is 0 Å². The highest BCUT2D eigenvalue weighted by Gasteiger charge is 2.28. The fraction of sp³-hybridized carbons (Fsp3) is 0.294. The summed E-state index contributed by atoms with van der Waals surface area (Å²) in [5, 5.41) is 10.1. The lowest BCUT2D eigenvalue weighted by Gasteiger charge is -2.26. The second-order valence-corrected chi connectivity index (χ2v) is 5.93. The Kier molecular flexibility index (Phi) is 3.50. The molecular formula is C17H17N7. The first-order valence-electron chi connectivity index (χ1n) is 7.89. The van der Waals surface area contributed by atoms with Gasteiger partial charge in [-0.2, -0.15) is 5.26 Å². The third-order valence-corrected chi connectivity index (χ3v) is 4.55. The van der Waals surface area contributed by atoms with E-state index < -0.39 is 0 Å². The van der Waals surface area contributed by atoms with Crippen molar-refractivity contribution in [2.24, 2.45) is 0 Å². The van der Waals surface area contributed by atoms with Gasteiger partial charge in [-0.25, -0.2) is 15.0 Å². The van der Waals surface area contributed by atoms with Crippen molar-refractivity contribution in [3.8, 4) is 6.07 Å². The third-order valence-electron chi connectivity index (χ3n) is 4.55. The summed E-state index contributed by atoms with van der Waals surface area (Å²) >= 11 is 0. The molecule has 1 atom stereocenters. The summed E-state index contributed by atoms with van der Waals surface area (Å²) in [4.78, 5) is 20.7. The lowest BCUT2D eigenvalue weighted by molar-refractivity contribution is 0.684. The van der Waals surface area contributed by atoms with Crippen LogP contribution in [0.5, 0.6) is 0 Å². The molecule has 0 unspecified atom stereocenters. The maximum Gasteiger partial charge on any atom is 0.142 e. The van der Waals surface area contributed by atoms with Gasteiger partial charge in [-0.15, -0.1) is 0 Å². The van der Waals surface area contributed by atoms with E-state index in [1.807, 2.05) is 31.4 Å². The molecule has 120 valence electrons. The van der Waals surface area contributed by atoms with Crippen molar-refractivity contribution in [1.82, 2.24) is 19.9 Å². The van der Waals surface area contributed by atoms with Crippen LogP contribution >= 0.6 is 0 Å². The molecular weight excluding hydrogens is 302 g/mol. The quantitative estimate of drug-likeness (QED) is 0.794. The zero-order valence-electron chi connectivity index (χ0n) is 13.3. The van der Waals surface area contributed by atoms with Crippen LogP contribution in [0.25, 0.3) is 11.0 Å². The molecule has 24 heavy (non-hydrogen) atoms.